The molecule has 5 rings (SSSR count). The van der Waals surface area contributed by atoms with Gasteiger partial charge in [0.25, 0.3) is 0 Å². The van der Waals surface area contributed by atoms with Crippen LogP contribution in [0.5, 0.6) is 0 Å². The van der Waals surface area contributed by atoms with Gasteiger partial charge in [0.15, 0.2) is 5.11 Å². The third kappa shape index (κ3) is 4.98. The molecular formula is C26H29N5O2S. The number of benzene rings is 1. The number of carbonyl (C=O) groups excluding carboxylic acids is 1. The molecule has 2 aliphatic heterocycles. The Hall–Kier alpha value is -3.23. The van der Waals surface area contributed by atoms with Crippen LogP contribution < -0.4 is 10.6 Å². The Morgan fingerprint density at radius 3 is 2.76 bits per heavy atom. The Balaban J connectivity index is 1.38. The lowest BCUT2D eigenvalue weighted by molar-refractivity contribution is -0.116. The lowest BCUT2D eigenvalue weighted by Crippen LogP contribution is -2.33. The topological polar surface area (TPSA) is 71.4 Å². The molecule has 2 aromatic heterocycles. The van der Waals surface area contributed by atoms with Crippen LogP contribution >= 0.6 is 12.2 Å². The molecule has 0 spiro atoms. The van der Waals surface area contributed by atoms with Crippen LogP contribution in [0, 0.1) is 0 Å². The fourth-order valence-electron chi connectivity index (χ4n) is 4.80. The van der Waals surface area contributed by atoms with Crippen LogP contribution in [0.4, 0.5) is 5.69 Å². The van der Waals surface area contributed by atoms with Gasteiger partial charge in [-0.1, -0.05) is 24.3 Å². The zero-order valence-electron chi connectivity index (χ0n) is 19.0. The second kappa shape index (κ2) is 10.4. The molecule has 2 saturated heterocycles. The standard InChI is InChI=1S/C26H29N5O2S/c32-23(28-19-8-2-1-3-9-19)13-16-31-25(24(29-26(31)34)21-11-4-5-14-27-21)22-12-6-15-30(22)18-20-10-7-17-33-20/h1-6,8-9,11-12,14-15,20,24-25H,7,10,13,16-18H2,(H,28,32)(H,29,34). The van der Waals surface area contributed by atoms with E-state index < -0.39 is 0 Å². The molecule has 2 N–H and O–H groups in total. The van der Waals surface area contributed by atoms with Gasteiger partial charge in [0.2, 0.25) is 5.91 Å². The van der Waals surface area contributed by atoms with Gasteiger partial charge in [-0.15, -0.1) is 0 Å². The summed E-state index contributed by atoms with van der Waals surface area (Å²) in [6, 6.07) is 19.5. The molecule has 3 unspecified atom stereocenters. The number of amides is 1. The highest BCUT2D eigenvalue weighted by Crippen LogP contribution is 2.39. The van der Waals surface area contributed by atoms with Crippen molar-refractivity contribution < 1.29 is 9.53 Å². The van der Waals surface area contributed by atoms with Gasteiger partial charge in [-0.3, -0.25) is 9.78 Å². The Labute approximate surface area is 205 Å². The molecule has 3 atom stereocenters. The first-order valence-electron chi connectivity index (χ1n) is 11.8. The van der Waals surface area contributed by atoms with Crippen LogP contribution in [0.3, 0.4) is 0 Å². The van der Waals surface area contributed by atoms with Gasteiger partial charge < -0.3 is 24.8 Å². The number of hydrogen-bond acceptors (Lipinski definition) is 4. The number of para-hydroxylation sites is 1. The number of nitrogens with zero attached hydrogens (tertiary/aromatic N) is 3. The summed E-state index contributed by atoms with van der Waals surface area (Å²) in [6.07, 6.45) is 6.65. The molecule has 8 heteroatoms. The number of hydrogen-bond donors (Lipinski definition) is 2. The summed E-state index contributed by atoms with van der Waals surface area (Å²) in [7, 11) is 0. The van der Waals surface area contributed by atoms with Crippen molar-refractivity contribution in [1.82, 2.24) is 19.8 Å². The van der Waals surface area contributed by atoms with Gasteiger partial charge in [-0.05, 0) is 61.5 Å². The van der Waals surface area contributed by atoms with E-state index in [1.54, 1.807) is 6.20 Å². The van der Waals surface area contributed by atoms with Crippen LogP contribution in [0.2, 0.25) is 0 Å². The highest BCUT2D eigenvalue weighted by Gasteiger charge is 2.41. The minimum Gasteiger partial charge on any atom is -0.376 e. The zero-order valence-corrected chi connectivity index (χ0v) is 19.8. The van der Waals surface area contributed by atoms with Gasteiger partial charge in [0.1, 0.15) is 0 Å². The second-order valence-corrected chi connectivity index (χ2v) is 9.09. The van der Waals surface area contributed by atoms with Crippen molar-refractivity contribution in [1.29, 1.82) is 0 Å². The molecule has 1 amide bonds. The highest BCUT2D eigenvalue weighted by molar-refractivity contribution is 7.80. The summed E-state index contributed by atoms with van der Waals surface area (Å²) in [5.74, 6) is -0.0382. The first kappa shape index (κ1) is 22.6. The van der Waals surface area contributed by atoms with E-state index >= 15 is 0 Å². The van der Waals surface area contributed by atoms with Crippen molar-refractivity contribution in [3.63, 3.8) is 0 Å². The number of thiocarbonyl (C=S) groups is 1. The van der Waals surface area contributed by atoms with Crippen molar-refractivity contribution in [3.05, 3.63) is 84.4 Å². The first-order valence-corrected chi connectivity index (χ1v) is 12.2. The van der Waals surface area contributed by atoms with E-state index in [4.69, 9.17) is 17.0 Å². The largest absolute Gasteiger partial charge is 0.376 e. The van der Waals surface area contributed by atoms with Crippen LogP contribution in [-0.2, 0) is 16.1 Å². The maximum absolute atomic E-state index is 12.7. The summed E-state index contributed by atoms with van der Waals surface area (Å²) in [5.41, 5.74) is 2.86. The number of rotatable bonds is 8. The molecule has 2 aliphatic rings. The quantitative estimate of drug-likeness (QED) is 0.479. The van der Waals surface area contributed by atoms with E-state index in [0.717, 1.165) is 43.1 Å². The molecule has 0 bridgehead atoms. The van der Waals surface area contributed by atoms with Crippen molar-refractivity contribution in [3.8, 4) is 0 Å². The van der Waals surface area contributed by atoms with Gasteiger partial charge in [0, 0.05) is 49.9 Å². The number of anilines is 1. The minimum atomic E-state index is -0.107. The average Bonchev–Trinajstić information content (AvgIpc) is 3.60. The van der Waals surface area contributed by atoms with Crippen LogP contribution in [0.1, 0.15) is 42.7 Å². The number of pyridine rings is 1. The monoisotopic (exact) mass is 475 g/mol. The van der Waals surface area contributed by atoms with Gasteiger partial charge >= 0.3 is 0 Å². The predicted molar refractivity (Wildman–Crippen MR) is 135 cm³/mol. The van der Waals surface area contributed by atoms with Crippen LogP contribution in [0.15, 0.2) is 73.1 Å². The van der Waals surface area contributed by atoms with Crippen LogP contribution in [0.25, 0.3) is 0 Å². The lowest BCUT2D eigenvalue weighted by Gasteiger charge is -2.29. The molecule has 4 heterocycles. The van der Waals surface area contributed by atoms with E-state index in [1.165, 1.54) is 0 Å². The summed E-state index contributed by atoms with van der Waals surface area (Å²) in [5, 5.41) is 7.08. The molecular weight excluding hydrogens is 446 g/mol. The lowest BCUT2D eigenvalue weighted by atomic mass is 10.0. The molecule has 34 heavy (non-hydrogen) atoms. The summed E-state index contributed by atoms with van der Waals surface area (Å²) >= 11 is 5.76. The summed E-state index contributed by atoms with van der Waals surface area (Å²) in [4.78, 5) is 19.4. The van der Waals surface area contributed by atoms with Crippen LogP contribution in [-0.4, -0.2) is 44.7 Å². The van der Waals surface area contributed by atoms with Gasteiger partial charge in [-0.25, -0.2) is 0 Å². The molecule has 1 aromatic carbocycles. The Morgan fingerprint density at radius 1 is 1.15 bits per heavy atom. The van der Waals surface area contributed by atoms with Gasteiger partial charge in [0.05, 0.1) is 23.9 Å². The molecule has 0 aliphatic carbocycles. The molecule has 0 radical (unpaired) electrons. The maximum atomic E-state index is 12.7. The summed E-state index contributed by atoms with van der Waals surface area (Å²) < 4.78 is 8.16. The average molecular weight is 476 g/mol. The molecule has 2 fully saturated rings. The fourth-order valence-corrected chi connectivity index (χ4v) is 5.14. The van der Waals surface area contributed by atoms with E-state index in [2.05, 4.69) is 43.4 Å². The van der Waals surface area contributed by atoms with Crippen molar-refractivity contribution >= 4 is 28.9 Å². The van der Waals surface area contributed by atoms with E-state index in [0.29, 0.717) is 18.1 Å². The number of ether oxygens (including phenoxy) is 1. The van der Waals surface area contributed by atoms with E-state index in [-0.39, 0.29) is 24.1 Å². The zero-order chi connectivity index (χ0) is 23.3. The highest BCUT2D eigenvalue weighted by atomic mass is 32.1. The molecule has 176 valence electrons. The normalized spacial score (nSPS) is 22.1. The van der Waals surface area contributed by atoms with Gasteiger partial charge in [-0.2, -0.15) is 0 Å². The second-order valence-electron chi connectivity index (χ2n) is 8.70. The van der Waals surface area contributed by atoms with Crippen molar-refractivity contribution in [2.75, 3.05) is 18.5 Å². The Bertz CT molecular complexity index is 1110. The van der Waals surface area contributed by atoms with Crippen molar-refractivity contribution in [2.45, 2.75) is 44.0 Å². The fraction of sp³-hybridized carbons (Fsp3) is 0.346. The third-order valence-corrected chi connectivity index (χ3v) is 6.78. The smallest absolute Gasteiger partial charge is 0.226 e. The molecule has 0 saturated carbocycles. The van der Waals surface area contributed by atoms with Crippen molar-refractivity contribution in [2.24, 2.45) is 0 Å². The Kier molecular flexibility index (Phi) is 6.87. The number of carbonyl (C=O) groups is 1. The SMILES string of the molecule is O=C(CCN1C(=S)NC(c2ccccn2)C1c1cccn1CC1CCCO1)Nc1ccccc1. The predicted octanol–water partition coefficient (Wildman–Crippen LogP) is 4.06. The molecule has 3 aromatic rings. The number of nitrogens with one attached hydrogen (secondary N) is 2. The maximum Gasteiger partial charge on any atom is 0.226 e. The van der Waals surface area contributed by atoms with E-state index in [9.17, 15) is 4.79 Å². The molecule has 7 nitrogen and oxygen atoms in total. The first-order chi connectivity index (χ1) is 16.7. The Morgan fingerprint density at radius 2 is 2.00 bits per heavy atom. The summed E-state index contributed by atoms with van der Waals surface area (Å²) in [6.45, 7) is 2.14. The van der Waals surface area contributed by atoms with E-state index in [1.807, 2.05) is 48.5 Å². The minimum absolute atomic E-state index is 0.0382. The number of aromatic nitrogens is 2. The third-order valence-electron chi connectivity index (χ3n) is 6.43.